The van der Waals surface area contributed by atoms with E-state index in [9.17, 15) is 4.39 Å². The first-order chi connectivity index (χ1) is 15.9. The minimum absolute atomic E-state index is 0.103. The highest BCUT2D eigenvalue weighted by Gasteiger charge is 2.34. The molecule has 3 aromatic carbocycles. The lowest BCUT2D eigenvalue weighted by Crippen LogP contribution is -2.42. The van der Waals surface area contributed by atoms with Crippen LogP contribution in [0.2, 0.25) is 0 Å². The molecular formula is C27H24BrFN2OS. The quantitative estimate of drug-likeness (QED) is 0.282. The Morgan fingerprint density at radius 1 is 1.09 bits per heavy atom. The molecule has 1 N–H and O–H groups in total. The number of halogens is 2. The lowest BCUT2D eigenvalue weighted by atomic mass is 9.91. The number of hydrogen-bond donors (Lipinski definition) is 1. The molecule has 4 aromatic rings. The van der Waals surface area contributed by atoms with Crippen LogP contribution in [0.3, 0.4) is 0 Å². The molecule has 168 valence electrons. The maximum atomic E-state index is 13.3. The van der Waals surface area contributed by atoms with Gasteiger partial charge in [-0.05, 0) is 83.7 Å². The summed E-state index contributed by atoms with van der Waals surface area (Å²) in [5, 5.41) is 1.61. The van der Waals surface area contributed by atoms with Crippen molar-refractivity contribution in [1.29, 1.82) is 0 Å². The van der Waals surface area contributed by atoms with Crippen LogP contribution >= 0.6 is 28.1 Å². The number of rotatable bonds is 3. The third-order valence-electron chi connectivity index (χ3n) is 6.26. The number of benzene rings is 3. The van der Waals surface area contributed by atoms with Gasteiger partial charge in [0.25, 0.3) is 5.17 Å². The summed E-state index contributed by atoms with van der Waals surface area (Å²) in [7, 11) is 0. The molecule has 0 saturated heterocycles. The maximum Gasteiger partial charge on any atom is 0.265 e. The van der Waals surface area contributed by atoms with Crippen LogP contribution < -0.4 is 4.74 Å². The van der Waals surface area contributed by atoms with Gasteiger partial charge in [-0.15, -0.1) is 0 Å². The standard InChI is InChI=1S/C27H24BrFN2OS/c1-16(2)17-3-5-18(6-4-17)26-25-22(23-15-19(28)7-12-24(23)30-25)13-14-31(26)27(33)32-21-10-8-20(29)9-11-21/h3-12,15-16,26,30H,13-14H2,1-2H3. The highest BCUT2D eigenvalue weighted by atomic mass is 79.9. The molecule has 0 fully saturated rings. The molecule has 1 aromatic heterocycles. The summed E-state index contributed by atoms with van der Waals surface area (Å²) >= 11 is 9.36. The van der Waals surface area contributed by atoms with Crippen LogP contribution in [-0.2, 0) is 6.42 Å². The summed E-state index contributed by atoms with van der Waals surface area (Å²) in [4.78, 5) is 5.78. The Labute approximate surface area is 206 Å². The van der Waals surface area contributed by atoms with E-state index >= 15 is 0 Å². The van der Waals surface area contributed by atoms with Crippen molar-refractivity contribution < 1.29 is 9.13 Å². The molecule has 2 heterocycles. The minimum atomic E-state index is -0.303. The molecule has 0 amide bonds. The lowest BCUT2D eigenvalue weighted by Gasteiger charge is -2.37. The molecule has 1 unspecified atom stereocenters. The zero-order chi connectivity index (χ0) is 23.1. The predicted octanol–water partition coefficient (Wildman–Crippen LogP) is 7.50. The Morgan fingerprint density at radius 3 is 2.52 bits per heavy atom. The van der Waals surface area contributed by atoms with Crippen molar-refractivity contribution in [3.63, 3.8) is 0 Å². The number of fused-ring (bicyclic) bond motifs is 3. The Bertz CT molecular complexity index is 1310. The highest BCUT2D eigenvalue weighted by Crippen LogP contribution is 2.40. The van der Waals surface area contributed by atoms with Crippen molar-refractivity contribution in [2.24, 2.45) is 0 Å². The van der Waals surface area contributed by atoms with Crippen molar-refractivity contribution in [3.8, 4) is 5.75 Å². The van der Waals surface area contributed by atoms with Gasteiger partial charge in [0.1, 0.15) is 11.6 Å². The first-order valence-electron chi connectivity index (χ1n) is 11.0. The zero-order valence-corrected chi connectivity index (χ0v) is 20.8. The molecule has 5 rings (SSSR count). The fraction of sp³-hybridized carbons (Fsp3) is 0.222. The molecule has 0 aliphatic carbocycles. The second kappa shape index (κ2) is 8.92. The molecule has 3 nitrogen and oxygen atoms in total. The van der Waals surface area contributed by atoms with Crippen LogP contribution in [0.15, 0.2) is 71.2 Å². The molecule has 0 spiro atoms. The van der Waals surface area contributed by atoms with Gasteiger partial charge in [0.15, 0.2) is 0 Å². The number of hydrogen-bond acceptors (Lipinski definition) is 2. The molecule has 0 radical (unpaired) electrons. The van der Waals surface area contributed by atoms with E-state index in [-0.39, 0.29) is 11.9 Å². The van der Waals surface area contributed by atoms with E-state index in [4.69, 9.17) is 17.0 Å². The van der Waals surface area contributed by atoms with E-state index in [1.165, 1.54) is 28.6 Å². The van der Waals surface area contributed by atoms with Gasteiger partial charge >= 0.3 is 0 Å². The average molecular weight is 523 g/mol. The number of ether oxygens (including phenoxy) is 1. The number of aromatic nitrogens is 1. The second-order valence-corrected chi connectivity index (χ2v) is 9.96. The highest BCUT2D eigenvalue weighted by molar-refractivity contribution is 9.10. The van der Waals surface area contributed by atoms with Gasteiger partial charge in [0.05, 0.1) is 6.04 Å². The largest absolute Gasteiger partial charge is 0.432 e. The summed E-state index contributed by atoms with van der Waals surface area (Å²) < 4.78 is 20.4. The number of nitrogens with one attached hydrogen (secondary N) is 1. The van der Waals surface area contributed by atoms with Crippen molar-refractivity contribution in [1.82, 2.24) is 9.88 Å². The summed E-state index contributed by atoms with van der Waals surface area (Å²) in [5.41, 5.74) is 6.00. The Kier molecular flexibility index (Phi) is 5.97. The van der Waals surface area contributed by atoms with E-state index in [1.54, 1.807) is 12.1 Å². The molecular weight excluding hydrogens is 499 g/mol. The van der Waals surface area contributed by atoms with Crippen LogP contribution in [0.1, 0.15) is 48.2 Å². The lowest BCUT2D eigenvalue weighted by molar-refractivity contribution is 0.289. The van der Waals surface area contributed by atoms with Gasteiger partial charge < -0.3 is 14.6 Å². The molecule has 6 heteroatoms. The molecule has 1 aliphatic rings. The minimum Gasteiger partial charge on any atom is -0.432 e. The van der Waals surface area contributed by atoms with E-state index < -0.39 is 0 Å². The third-order valence-corrected chi connectivity index (χ3v) is 7.07. The fourth-order valence-corrected chi connectivity index (χ4v) is 5.18. The van der Waals surface area contributed by atoms with E-state index in [0.717, 1.165) is 34.2 Å². The van der Waals surface area contributed by atoms with Gasteiger partial charge in [0.2, 0.25) is 0 Å². The summed E-state index contributed by atoms with van der Waals surface area (Å²) in [6.45, 7) is 5.12. The SMILES string of the molecule is CC(C)c1ccc(C2c3[nH]c4ccc(Br)cc4c3CCN2C(=S)Oc2ccc(F)cc2)cc1. The summed E-state index contributed by atoms with van der Waals surface area (Å²) in [6.07, 6.45) is 0.847. The number of H-pyrrole nitrogens is 1. The monoisotopic (exact) mass is 522 g/mol. The first kappa shape index (κ1) is 22.1. The molecule has 1 aliphatic heterocycles. The third kappa shape index (κ3) is 4.30. The zero-order valence-electron chi connectivity index (χ0n) is 18.4. The fourth-order valence-electron chi connectivity index (χ4n) is 4.53. The molecule has 1 atom stereocenters. The molecule has 0 bridgehead atoms. The van der Waals surface area contributed by atoms with Crippen LogP contribution in [0.5, 0.6) is 5.75 Å². The van der Waals surface area contributed by atoms with Crippen LogP contribution in [-0.4, -0.2) is 21.6 Å². The van der Waals surface area contributed by atoms with Gasteiger partial charge in [0, 0.05) is 27.6 Å². The van der Waals surface area contributed by atoms with Gasteiger partial charge in [-0.3, -0.25) is 0 Å². The van der Waals surface area contributed by atoms with Crippen molar-refractivity contribution in [2.45, 2.75) is 32.2 Å². The van der Waals surface area contributed by atoms with Crippen molar-refractivity contribution in [3.05, 3.63) is 99.4 Å². The van der Waals surface area contributed by atoms with Crippen molar-refractivity contribution >= 4 is 44.2 Å². The van der Waals surface area contributed by atoms with Crippen LogP contribution in [0.4, 0.5) is 4.39 Å². The maximum absolute atomic E-state index is 13.3. The summed E-state index contributed by atoms with van der Waals surface area (Å²) in [6, 6.07) is 20.9. The Hall–Kier alpha value is -2.70. The Morgan fingerprint density at radius 2 is 1.82 bits per heavy atom. The van der Waals surface area contributed by atoms with Crippen LogP contribution in [0, 0.1) is 5.82 Å². The molecule has 0 saturated carbocycles. The van der Waals surface area contributed by atoms with Gasteiger partial charge in [-0.2, -0.15) is 0 Å². The number of nitrogens with zero attached hydrogens (tertiary/aromatic N) is 1. The average Bonchev–Trinajstić information content (AvgIpc) is 3.17. The molecule has 33 heavy (non-hydrogen) atoms. The van der Waals surface area contributed by atoms with Crippen LogP contribution in [0.25, 0.3) is 10.9 Å². The smallest absolute Gasteiger partial charge is 0.265 e. The second-order valence-electron chi connectivity index (χ2n) is 8.70. The summed E-state index contributed by atoms with van der Waals surface area (Å²) in [5.74, 6) is 0.690. The Balaban J connectivity index is 1.57. The predicted molar refractivity (Wildman–Crippen MR) is 138 cm³/mol. The van der Waals surface area contributed by atoms with Gasteiger partial charge in [-0.1, -0.05) is 54.0 Å². The van der Waals surface area contributed by atoms with E-state index in [0.29, 0.717) is 16.8 Å². The number of aromatic amines is 1. The van der Waals surface area contributed by atoms with E-state index in [2.05, 4.69) is 82.1 Å². The topological polar surface area (TPSA) is 28.3 Å². The number of thiocarbonyl (C=S) groups is 1. The van der Waals surface area contributed by atoms with E-state index in [1.807, 2.05) is 0 Å². The van der Waals surface area contributed by atoms with Crippen molar-refractivity contribution in [2.75, 3.05) is 6.54 Å². The first-order valence-corrected chi connectivity index (χ1v) is 12.2. The van der Waals surface area contributed by atoms with Gasteiger partial charge in [-0.25, -0.2) is 4.39 Å². The normalized spacial score (nSPS) is 15.7.